The molecule has 0 unspecified atom stereocenters. The Bertz CT molecular complexity index is 9.61. The zero-order valence-electron chi connectivity index (χ0n) is 4.41. The summed E-state index contributed by atoms with van der Waals surface area (Å²) in [5, 5.41) is 0. The quantitative estimate of drug-likeness (QED) is 0.320. The molecule has 0 heterocycles. The van der Waals surface area contributed by atoms with E-state index in [0.29, 0.717) is 0 Å². The minimum atomic E-state index is 0. The van der Waals surface area contributed by atoms with Gasteiger partial charge in [0.15, 0.2) is 0 Å². The van der Waals surface area contributed by atoms with Crippen LogP contribution in [0.4, 0.5) is 0 Å². The normalized spacial score (nSPS) is 0. The number of rotatable bonds is 0. The van der Waals surface area contributed by atoms with E-state index in [1.807, 2.05) is 0 Å². The van der Waals surface area contributed by atoms with Gasteiger partial charge < -0.3 is 27.2 Å². The summed E-state index contributed by atoms with van der Waals surface area (Å²) in [6.07, 6.45) is 0. The SMILES string of the molecule is [H-].[NH4+].[NH4+].[Na+].[S-2]. The van der Waals surface area contributed by atoms with Gasteiger partial charge in [0.05, 0.1) is 0 Å². The molecule has 0 amide bonds. The van der Waals surface area contributed by atoms with E-state index in [-0.39, 0.29) is 56.8 Å². The molecule has 0 aliphatic heterocycles. The molecule has 0 rings (SSSR count). The number of quaternary nitrogens is 2. The van der Waals surface area contributed by atoms with Crippen LogP contribution in [0.5, 0.6) is 0 Å². The summed E-state index contributed by atoms with van der Waals surface area (Å²) >= 11 is 0. The van der Waals surface area contributed by atoms with E-state index in [2.05, 4.69) is 0 Å². The van der Waals surface area contributed by atoms with Gasteiger partial charge >= 0.3 is 29.6 Å². The third-order valence-corrected chi connectivity index (χ3v) is 0. The van der Waals surface area contributed by atoms with E-state index in [4.69, 9.17) is 0 Å². The standard InChI is InChI=1S/2H3N.Na.S.H/h2*1H3;;;/q;;+1;-2;-1/p+2. The Kier molecular flexibility index (Phi) is 422. The Morgan fingerprint density at radius 3 is 1.00 bits per heavy atom. The van der Waals surface area contributed by atoms with Gasteiger partial charge in [-0.3, -0.25) is 0 Å². The van der Waals surface area contributed by atoms with Gasteiger partial charge in [0.1, 0.15) is 0 Å². The second-order valence-corrected chi connectivity index (χ2v) is 0. The van der Waals surface area contributed by atoms with Crippen molar-refractivity contribution >= 4 is 13.5 Å². The maximum absolute atomic E-state index is 0. The van der Waals surface area contributed by atoms with Gasteiger partial charge in [-0.25, -0.2) is 0 Å². The average Bonchev–Trinajstić information content (AvgIpc) is 0. The molecule has 0 aliphatic carbocycles. The molecule has 0 radical (unpaired) electrons. The summed E-state index contributed by atoms with van der Waals surface area (Å²) in [6.45, 7) is 0. The molecule has 8 N–H and O–H groups in total. The first-order chi connectivity index (χ1) is 0. The molecule has 4 heteroatoms. The number of hydrogen-bond donors (Lipinski definition) is 2. The van der Waals surface area contributed by atoms with Gasteiger partial charge in [-0.2, -0.15) is 0 Å². The Balaban J connectivity index is 0. The van der Waals surface area contributed by atoms with Crippen LogP contribution in [0.25, 0.3) is 0 Å². The van der Waals surface area contributed by atoms with Gasteiger partial charge in [-0.1, -0.05) is 0 Å². The van der Waals surface area contributed by atoms with E-state index in [0.717, 1.165) is 0 Å². The maximum Gasteiger partial charge on any atom is 1.00 e. The van der Waals surface area contributed by atoms with Crippen LogP contribution >= 0.6 is 0 Å². The average molecular weight is 92.1 g/mol. The van der Waals surface area contributed by atoms with Crippen molar-refractivity contribution in [3.05, 3.63) is 0 Å². The molecule has 0 atom stereocenters. The van der Waals surface area contributed by atoms with Crippen LogP contribution in [0.1, 0.15) is 1.43 Å². The van der Waals surface area contributed by atoms with Gasteiger partial charge in [0, 0.05) is 0 Å². The van der Waals surface area contributed by atoms with Crippen molar-refractivity contribution in [2.75, 3.05) is 0 Å². The van der Waals surface area contributed by atoms with Gasteiger partial charge in [-0.15, -0.1) is 0 Å². The number of hydrogen-bond acceptors (Lipinski definition) is 0. The van der Waals surface area contributed by atoms with Gasteiger partial charge in [-0.05, 0) is 0 Å². The van der Waals surface area contributed by atoms with Gasteiger partial charge in [0.2, 0.25) is 0 Å². The fourth-order valence-electron chi connectivity index (χ4n) is 0. The minimum Gasteiger partial charge on any atom is -2.00 e. The van der Waals surface area contributed by atoms with Crippen LogP contribution < -0.4 is 41.9 Å². The van der Waals surface area contributed by atoms with Crippen LogP contribution in [0.3, 0.4) is 0 Å². The van der Waals surface area contributed by atoms with Crippen LogP contribution in [0.2, 0.25) is 0 Å². The molecule has 0 saturated heterocycles. The third kappa shape index (κ3) is 10.4. The van der Waals surface area contributed by atoms with Crippen LogP contribution in [0.15, 0.2) is 0 Å². The maximum atomic E-state index is 0. The largest absolute Gasteiger partial charge is 2.00 e. The zero-order valence-corrected chi connectivity index (χ0v) is 6.22. The second kappa shape index (κ2) is 28.3. The first-order valence-electron chi connectivity index (χ1n) is 0. The van der Waals surface area contributed by atoms with E-state index in [1.54, 1.807) is 0 Å². The molecule has 0 aromatic carbocycles. The van der Waals surface area contributed by atoms with Crippen molar-refractivity contribution in [3.8, 4) is 0 Å². The second-order valence-electron chi connectivity index (χ2n) is 0. The molecule has 0 spiro atoms. The minimum absolute atomic E-state index is 0. The third-order valence-electron chi connectivity index (χ3n) is 0. The summed E-state index contributed by atoms with van der Waals surface area (Å²) in [4.78, 5) is 0. The summed E-state index contributed by atoms with van der Waals surface area (Å²) in [6, 6.07) is 0. The summed E-state index contributed by atoms with van der Waals surface area (Å²) in [5.74, 6) is 0. The Labute approximate surface area is 56.7 Å². The molecule has 2 nitrogen and oxygen atoms in total. The molecule has 4 heavy (non-hydrogen) atoms. The first kappa shape index (κ1) is 59.6. The smallest absolute Gasteiger partial charge is 1.00 e. The van der Waals surface area contributed by atoms with Crippen molar-refractivity contribution in [1.82, 2.24) is 12.3 Å². The summed E-state index contributed by atoms with van der Waals surface area (Å²) in [5.41, 5.74) is 0. The predicted octanol–water partition coefficient (Wildman–Crippen LogP) is -2.13. The molecular weight excluding hydrogens is 83.1 g/mol. The molecule has 0 aromatic rings. The molecule has 0 bridgehead atoms. The molecule has 0 fully saturated rings. The Hall–Kier alpha value is 1.27. The monoisotopic (exact) mass is 92.0 g/mol. The van der Waals surface area contributed by atoms with Gasteiger partial charge in [0.25, 0.3) is 0 Å². The van der Waals surface area contributed by atoms with Crippen molar-refractivity contribution in [1.29, 1.82) is 0 Å². The Morgan fingerprint density at radius 2 is 1.00 bits per heavy atom. The van der Waals surface area contributed by atoms with Crippen molar-refractivity contribution in [2.45, 2.75) is 0 Å². The predicted molar refractivity (Wildman–Crippen MR) is 20.4 cm³/mol. The van der Waals surface area contributed by atoms with E-state index in [9.17, 15) is 0 Å². The fraction of sp³-hybridized carbons (Fsp3) is 0. The molecule has 0 aliphatic rings. The fourth-order valence-corrected chi connectivity index (χ4v) is 0. The molecule has 26 valence electrons. The van der Waals surface area contributed by atoms with E-state index >= 15 is 0 Å². The molecule has 0 aromatic heterocycles. The van der Waals surface area contributed by atoms with Crippen molar-refractivity contribution in [3.63, 3.8) is 0 Å². The molecular formula is H9N2NaS. The van der Waals surface area contributed by atoms with E-state index < -0.39 is 0 Å². The van der Waals surface area contributed by atoms with Crippen LogP contribution in [0, 0.1) is 0 Å². The molecule has 0 saturated carbocycles. The summed E-state index contributed by atoms with van der Waals surface area (Å²) < 4.78 is 0. The Morgan fingerprint density at radius 1 is 1.00 bits per heavy atom. The van der Waals surface area contributed by atoms with Crippen molar-refractivity contribution < 1.29 is 31.0 Å². The van der Waals surface area contributed by atoms with Crippen molar-refractivity contribution in [2.24, 2.45) is 0 Å². The zero-order chi connectivity index (χ0) is 0. The summed E-state index contributed by atoms with van der Waals surface area (Å²) in [7, 11) is 0. The van der Waals surface area contributed by atoms with E-state index in [1.165, 1.54) is 0 Å². The van der Waals surface area contributed by atoms with Crippen LogP contribution in [-0.2, 0) is 13.5 Å². The topological polar surface area (TPSA) is 73.0 Å². The first-order valence-corrected chi connectivity index (χ1v) is 0. The van der Waals surface area contributed by atoms with Crippen LogP contribution in [-0.4, -0.2) is 0 Å².